The van der Waals surface area contributed by atoms with Crippen molar-refractivity contribution in [3.05, 3.63) is 29.6 Å². The summed E-state index contributed by atoms with van der Waals surface area (Å²) in [6, 6.07) is 4.88. The highest BCUT2D eigenvalue weighted by Crippen LogP contribution is 2.35. The van der Waals surface area contributed by atoms with Crippen LogP contribution < -0.4 is 0 Å². The van der Waals surface area contributed by atoms with Crippen LogP contribution in [0.1, 0.15) is 56.9 Å². The fraction of sp³-hybridized carbons (Fsp3) is 0.632. The number of aromatic nitrogens is 2. The van der Waals surface area contributed by atoms with Gasteiger partial charge >= 0.3 is 0 Å². The molecule has 124 valence electrons. The van der Waals surface area contributed by atoms with E-state index < -0.39 is 0 Å². The van der Waals surface area contributed by atoms with Crippen molar-refractivity contribution in [2.45, 2.75) is 58.2 Å². The number of nitrogens with zero attached hydrogens (tertiary/aromatic N) is 2. The van der Waals surface area contributed by atoms with Crippen molar-refractivity contribution in [1.82, 2.24) is 14.9 Å². The van der Waals surface area contributed by atoms with Crippen molar-refractivity contribution in [3.63, 3.8) is 0 Å². The molecule has 2 aromatic heterocycles. The summed E-state index contributed by atoms with van der Waals surface area (Å²) >= 11 is 0. The van der Waals surface area contributed by atoms with Crippen molar-refractivity contribution in [2.24, 2.45) is 5.92 Å². The molecule has 0 bridgehead atoms. The Hall–Kier alpha value is -1.39. The van der Waals surface area contributed by atoms with Gasteiger partial charge in [0.2, 0.25) is 0 Å². The molecule has 2 fully saturated rings. The van der Waals surface area contributed by atoms with Crippen molar-refractivity contribution >= 4 is 11.0 Å². The number of aromatic amines is 1. The van der Waals surface area contributed by atoms with Gasteiger partial charge in [0.25, 0.3) is 0 Å². The van der Waals surface area contributed by atoms with E-state index in [1.54, 1.807) is 0 Å². The van der Waals surface area contributed by atoms with Crippen molar-refractivity contribution in [1.29, 1.82) is 0 Å². The highest BCUT2D eigenvalue weighted by Gasteiger charge is 2.29. The minimum atomic E-state index is 0.219. The van der Waals surface area contributed by atoms with Crippen molar-refractivity contribution in [2.75, 3.05) is 13.2 Å². The highest BCUT2D eigenvalue weighted by molar-refractivity contribution is 5.81. The summed E-state index contributed by atoms with van der Waals surface area (Å²) in [5.74, 6) is 0.776. The Bertz CT molecular complexity index is 674. The van der Waals surface area contributed by atoms with Gasteiger partial charge in [-0.1, -0.05) is 6.92 Å². The minimum absolute atomic E-state index is 0.219. The van der Waals surface area contributed by atoms with E-state index in [9.17, 15) is 0 Å². The monoisotopic (exact) mass is 313 g/mol. The third kappa shape index (κ3) is 2.79. The van der Waals surface area contributed by atoms with E-state index in [1.165, 1.54) is 36.0 Å². The van der Waals surface area contributed by atoms with E-state index in [0.717, 1.165) is 37.6 Å². The molecule has 2 aliphatic rings. The summed E-state index contributed by atoms with van der Waals surface area (Å²) in [6.07, 6.45) is 7.02. The summed E-state index contributed by atoms with van der Waals surface area (Å²) in [4.78, 5) is 10.7. The summed E-state index contributed by atoms with van der Waals surface area (Å²) in [7, 11) is 0. The Morgan fingerprint density at radius 1 is 1.30 bits per heavy atom. The first-order chi connectivity index (χ1) is 11.2. The zero-order valence-corrected chi connectivity index (χ0v) is 14.2. The molecule has 3 atom stereocenters. The molecule has 1 N–H and O–H groups in total. The second-order valence-electron chi connectivity index (χ2n) is 7.25. The lowest BCUT2D eigenvalue weighted by atomic mass is 9.91. The van der Waals surface area contributed by atoms with Gasteiger partial charge in [-0.3, -0.25) is 4.90 Å². The first-order valence-electron chi connectivity index (χ1n) is 9.05. The molecule has 4 heterocycles. The van der Waals surface area contributed by atoms with Gasteiger partial charge in [0.05, 0.1) is 11.8 Å². The number of hydrogen-bond acceptors (Lipinski definition) is 3. The number of ether oxygens (including phenoxy) is 1. The number of H-pyrrole nitrogens is 1. The topological polar surface area (TPSA) is 41.1 Å². The molecule has 0 unspecified atom stereocenters. The fourth-order valence-electron chi connectivity index (χ4n) is 4.19. The maximum atomic E-state index is 5.97. The second-order valence-corrected chi connectivity index (χ2v) is 7.25. The van der Waals surface area contributed by atoms with Crippen LogP contribution in [0.25, 0.3) is 11.0 Å². The zero-order chi connectivity index (χ0) is 15.8. The largest absolute Gasteiger partial charge is 0.372 e. The Labute approximate surface area is 138 Å². The van der Waals surface area contributed by atoms with Crippen LogP contribution in [-0.2, 0) is 11.3 Å². The van der Waals surface area contributed by atoms with Crippen LogP contribution >= 0.6 is 0 Å². The lowest BCUT2D eigenvalue weighted by Gasteiger charge is -2.38. The minimum Gasteiger partial charge on any atom is -0.372 e. The van der Waals surface area contributed by atoms with E-state index in [-0.39, 0.29) is 6.10 Å². The molecule has 2 saturated heterocycles. The predicted octanol–water partition coefficient (Wildman–Crippen LogP) is 4.03. The van der Waals surface area contributed by atoms with E-state index in [1.807, 2.05) is 12.3 Å². The molecule has 4 nitrogen and oxygen atoms in total. The van der Waals surface area contributed by atoms with Gasteiger partial charge in [-0.2, -0.15) is 0 Å². The highest BCUT2D eigenvalue weighted by atomic mass is 16.5. The second kappa shape index (κ2) is 6.25. The fourth-order valence-corrected chi connectivity index (χ4v) is 4.19. The van der Waals surface area contributed by atoms with Crippen LogP contribution in [0.15, 0.2) is 18.3 Å². The maximum absolute atomic E-state index is 5.97. The lowest BCUT2D eigenvalue weighted by Crippen LogP contribution is -2.41. The number of fused-ring (bicyclic) bond motifs is 1. The van der Waals surface area contributed by atoms with Gasteiger partial charge < -0.3 is 9.72 Å². The molecular formula is C19H27N3O. The van der Waals surface area contributed by atoms with Crippen LogP contribution in [0.4, 0.5) is 0 Å². The molecule has 4 rings (SSSR count). The van der Waals surface area contributed by atoms with E-state index in [4.69, 9.17) is 4.74 Å². The third-order valence-corrected chi connectivity index (χ3v) is 5.83. The van der Waals surface area contributed by atoms with E-state index in [2.05, 4.69) is 34.8 Å². The van der Waals surface area contributed by atoms with Crippen LogP contribution in [0.3, 0.4) is 0 Å². The van der Waals surface area contributed by atoms with Crippen molar-refractivity contribution < 1.29 is 4.74 Å². The molecule has 4 heteroatoms. The molecule has 0 aliphatic carbocycles. The van der Waals surface area contributed by atoms with E-state index >= 15 is 0 Å². The molecule has 0 saturated carbocycles. The quantitative estimate of drug-likeness (QED) is 0.930. The molecule has 0 amide bonds. The maximum Gasteiger partial charge on any atom is 0.137 e. The number of rotatable bonds is 3. The van der Waals surface area contributed by atoms with Crippen LogP contribution in [-0.4, -0.2) is 34.1 Å². The van der Waals surface area contributed by atoms with Crippen molar-refractivity contribution in [3.8, 4) is 0 Å². The number of piperidine rings is 1. The molecule has 23 heavy (non-hydrogen) atoms. The third-order valence-electron chi connectivity index (χ3n) is 5.83. The first kappa shape index (κ1) is 15.2. The zero-order valence-electron chi connectivity index (χ0n) is 14.2. The summed E-state index contributed by atoms with van der Waals surface area (Å²) in [5, 5.41) is 1.27. The number of nitrogens with one attached hydrogen (secondary N) is 1. The Morgan fingerprint density at radius 3 is 3.04 bits per heavy atom. The van der Waals surface area contributed by atoms with Gasteiger partial charge in [0.15, 0.2) is 0 Å². The average Bonchev–Trinajstić information content (AvgIpc) is 3.20. The molecule has 0 radical (unpaired) electrons. The normalized spacial score (nSPS) is 29.4. The van der Waals surface area contributed by atoms with Crippen LogP contribution in [0, 0.1) is 5.92 Å². The molecular weight excluding hydrogens is 286 g/mol. The average molecular weight is 313 g/mol. The SMILES string of the molecule is C[C@@H]1CCCN(Cc2c([C@@H]3CCCO3)[nH]c3ncccc23)[C@@H]1C. The lowest BCUT2D eigenvalue weighted by molar-refractivity contribution is 0.0965. The van der Waals surface area contributed by atoms with Gasteiger partial charge in [0.1, 0.15) is 5.65 Å². The molecule has 2 aromatic rings. The Balaban J connectivity index is 1.70. The molecule has 0 aromatic carbocycles. The first-order valence-corrected chi connectivity index (χ1v) is 9.05. The van der Waals surface area contributed by atoms with Gasteiger partial charge in [-0.05, 0) is 62.8 Å². The number of hydrogen-bond donors (Lipinski definition) is 1. The smallest absolute Gasteiger partial charge is 0.137 e. The predicted molar refractivity (Wildman–Crippen MR) is 92.3 cm³/mol. The van der Waals surface area contributed by atoms with Gasteiger partial charge in [-0.25, -0.2) is 4.98 Å². The summed E-state index contributed by atoms with van der Waals surface area (Å²) < 4.78 is 5.97. The molecule has 2 aliphatic heterocycles. The van der Waals surface area contributed by atoms with Gasteiger partial charge in [-0.15, -0.1) is 0 Å². The molecule has 0 spiro atoms. The Kier molecular flexibility index (Phi) is 4.12. The summed E-state index contributed by atoms with van der Waals surface area (Å²) in [6.45, 7) is 7.84. The van der Waals surface area contributed by atoms with Crippen LogP contribution in [0.5, 0.6) is 0 Å². The van der Waals surface area contributed by atoms with Gasteiger partial charge in [0, 0.05) is 30.8 Å². The van der Waals surface area contributed by atoms with E-state index in [0.29, 0.717) is 6.04 Å². The Morgan fingerprint density at radius 2 is 2.22 bits per heavy atom. The standard InChI is InChI=1S/C19H27N3O/c1-13-6-4-10-22(14(13)2)12-16-15-7-3-9-20-19(15)21-18(16)17-8-5-11-23-17/h3,7,9,13-14,17H,4-6,8,10-12H2,1-2H3,(H,20,21)/t13-,14-,17+/m1/s1. The number of pyridine rings is 1. The number of likely N-dealkylation sites (tertiary alicyclic amines) is 1. The van der Waals surface area contributed by atoms with Crippen LogP contribution in [0.2, 0.25) is 0 Å². The summed E-state index contributed by atoms with van der Waals surface area (Å²) in [5.41, 5.74) is 3.67.